The zero-order valence-corrected chi connectivity index (χ0v) is 14.3. The van der Waals surface area contributed by atoms with Crippen molar-refractivity contribution < 1.29 is 9.90 Å². The molecule has 2 atom stereocenters. The second-order valence-corrected chi connectivity index (χ2v) is 7.75. The molecule has 1 aromatic rings. The summed E-state index contributed by atoms with van der Waals surface area (Å²) >= 11 is 0. The van der Waals surface area contributed by atoms with E-state index in [1.165, 1.54) is 11.1 Å². The predicted molar refractivity (Wildman–Crippen MR) is 90.2 cm³/mol. The Bertz CT molecular complexity index is 501. The van der Waals surface area contributed by atoms with Crippen molar-refractivity contribution in [3.8, 4) is 0 Å². The number of likely N-dealkylation sites (tertiary alicyclic amines) is 1. The van der Waals surface area contributed by atoms with Gasteiger partial charge in [0.15, 0.2) is 0 Å². The van der Waals surface area contributed by atoms with Crippen molar-refractivity contribution >= 4 is 5.97 Å². The summed E-state index contributed by atoms with van der Waals surface area (Å²) in [6.07, 6.45) is 2.81. The molecule has 1 heterocycles. The van der Waals surface area contributed by atoms with Gasteiger partial charge in [-0.2, -0.15) is 0 Å². The van der Waals surface area contributed by atoms with E-state index in [-0.39, 0.29) is 11.5 Å². The van der Waals surface area contributed by atoms with Crippen LogP contribution in [-0.2, 0) is 16.6 Å². The van der Waals surface area contributed by atoms with Crippen LogP contribution in [-0.4, -0.2) is 35.1 Å². The minimum Gasteiger partial charge on any atom is -0.480 e. The second kappa shape index (κ2) is 6.82. The van der Waals surface area contributed by atoms with E-state index in [2.05, 4.69) is 56.9 Å². The van der Waals surface area contributed by atoms with E-state index in [4.69, 9.17) is 0 Å². The van der Waals surface area contributed by atoms with Crippen molar-refractivity contribution in [3.05, 3.63) is 35.4 Å². The molecular weight excluding hydrogens is 274 g/mol. The highest BCUT2D eigenvalue weighted by Gasteiger charge is 2.30. The number of aliphatic carboxylic acids is 1. The first-order chi connectivity index (χ1) is 10.3. The molecule has 2 rings (SSSR count). The van der Waals surface area contributed by atoms with Gasteiger partial charge in [-0.3, -0.25) is 9.69 Å². The number of carboxylic acid groups (broad SMARTS) is 1. The lowest BCUT2D eigenvalue weighted by atomic mass is 9.86. The Balaban J connectivity index is 1.92. The molecule has 1 saturated heterocycles. The fraction of sp³-hybridized carbons (Fsp3) is 0.632. The molecule has 0 bridgehead atoms. The summed E-state index contributed by atoms with van der Waals surface area (Å²) in [7, 11) is 0. The van der Waals surface area contributed by atoms with E-state index in [0.29, 0.717) is 5.92 Å². The maximum Gasteiger partial charge on any atom is 0.320 e. The number of hydrogen-bond acceptors (Lipinski definition) is 2. The number of carbonyl (C=O) groups is 1. The third-order valence-electron chi connectivity index (χ3n) is 4.60. The fourth-order valence-electron chi connectivity index (χ4n) is 3.33. The number of nitrogens with zero attached hydrogens (tertiary/aromatic N) is 1. The van der Waals surface area contributed by atoms with Crippen molar-refractivity contribution in [2.24, 2.45) is 5.92 Å². The van der Waals surface area contributed by atoms with Gasteiger partial charge in [0, 0.05) is 6.54 Å². The molecule has 0 aromatic heterocycles. The van der Waals surface area contributed by atoms with Gasteiger partial charge in [-0.05, 0) is 48.3 Å². The minimum absolute atomic E-state index is 0.189. The van der Waals surface area contributed by atoms with Gasteiger partial charge in [0.1, 0.15) is 6.04 Å². The number of carboxylic acids is 1. The highest BCUT2D eigenvalue weighted by molar-refractivity contribution is 5.73. The van der Waals surface area contributed by atoms with Crippen molar-refractivity contribution in [1.82, 2.24) is 4.90 Å². The van der Waals surface area contributed by atoms with Gasteiger partial charge >= 0.3 is 5.97 Å². The standard InChI is InChI=1S/C19H29NO2/c1-14(13-20-11-5-6-17(20)18(21)22)12-15-7-9-16(10-8-15)19(2,3)4/h7-10,14,17H,5-6,11-13H2,1-4H3,(H,21,22). The van der Waals surface area contributed by atoms with Crippen LogP contribution in [0.3, 0.4) is 0 Å². The van der Waals surface area contributed by atoms with Gasteiger partial charge in [-0.15, -0.1) is 0 Å². The number of rotatable bonds is 5. The zero-order valence-electron chi connectivity index (χ0n) is 14.3. The Hall–Kier alpha value is -1.35. The summed E-state index contributed by atoms with van der Waals surface area (Å²) in [6, 6.07) is 8.60. The lowest BCUT2D eigenvalue weighted by Crippen LogP contribution is -2.38. The molecule has 0 spiro atoms. The molecule has 122 valence electrons. The van der Waals surface area contributed by atoms with Crippen LogP contribution in [0.5, 0.6) is 0 Å². The van der Waals surface area contributed by atoms with E-state index in [1.54, 1.807) is 0 Å². The number of benzene rings is 1. The third-order valence-corrected chi connectivity index (χ3v) is 4.60. The van der Waals surface area contributed by atoms with Crippen molar-refractivity contribution in [1.29, 1.82) is 0 Å². The lowest BCUT2D eigenvalue weighted by Gasteiger charge is -2.25. The molecule has 1 aliphatic rings. The molecule has 3 heteroatoms. The zero-order chi connectivity index (χ0) is 16.3. The fourth-order valence-corrected chi connectivity index (χ4v) is 3.33. The van der Waals surface area contributed by atoms with E-state index in [0.717, 1.165) is 32.4 Å². The summed E-state index contributed by atoms with van der Waals surface area (Å²) in [6.45, 7) is 10.7. The van der Waals surface area contributed by atoms with Gasteiger partial charge in [-0.25, -0.2) is 0 Å². The third kappa shape index (κ3) is 4.33. The van der Waals surface area contributed by atoms with Crippen LogP contribution >= 0.6 is 0 Å². The van der Waals surface area contributed by atoms with Crippen LogP contribution < -0.4 is 0 Å². The van der Waals surface area contributed by atoms with Gasteiger partial charge in [0.2, 0.25) is 0 Å². The van der Waals surface area contributed by atoms with E-state index < -0.39 is 5.97 Å². The Morgan fingerprint density at radius 2 is 1.95 bits per heavy atom. The maximum atomic E-state index is 11.2. The summed E-state index contributed by atoms with van der Waals surface area (Å²) in [5.74, 6) is -0.195. The maximum absolute atomic E-state index is 11.2. The second-order valence-electron chi connectivity index (χ2n) is 7.75. The summed E-state index contributed by atoms with van der Waals surface area (Å²) < 4.78 is 0. The number of hydrogen-bond donors (Lipinski definition) is 1. The van der Waals surface area contributed by atoms with Gasteiger partial charge < -0.3 is 5.11 Å². The Kier molecular flexibility index (Phi) is 5.28. The van der Waals surface area contributed by atoms with Crippen molar-refractivity contribution in [2.45, 2.75) is 58.4 Å². The summed E-state index contributed by atoms with van der Waals surface area (Å²) in [5, 5.41) is 9.25. The molecule has 22 heavy (non-hydrogen) atoms. The highest BCUT2D eigenvalue weighted by Crippen LogP contribution is 2.24. The molecule has 1 aromatic carbocycles. The first kappa shape index (κ1) is 17.0. The first-order valence-corrected chi connectivity index (χ1v) is 8.33. The molecule has 0 saturated carbocycles. The Morgan fingerprint density at radius 3 is 2.50 bits per heavy atom. The monoisotopic (exact) mass is 303 g/mol. The molecule has 1 aliphatic heterocycles. The Labute approximate surface area is 134 Å². The minimum atomic E-state index is -0.667. The van der Waals surface area contributed by atoms with Crippen molar-refractivity contribution in [3.63, 3.8) is 0 Å². The topological polar surface area (TPSA) is 40.5 Å². The molecule has 3 nitrogen and oxygen atoms in total. The van der Waals surface area contributed by atoms with Gasteiger partial charge in [-0.1, -0.05) is 52.0 Å². The first-order valence-electron chi connectivity index (χ1n) is 8.33. The smallest absolute Gasteiger partial charge is 0.320 e. The van der Waals surface area contributed by atoms with Crippen LogP contribution in [0.15, 0.2) is 24.3 Å². The van der Waals surface area contributed by atoms with Crippen molar-refractivity contribution in [2.75, 3.05) is 13.1 Å². The van der Waals surface area contributed by atoms with E-state index in [9.17, 15) is 9.90 Å². The van der Waals surface area contributed by atoms with E-state index >= 15 is 0 Å². The van der Waals surface area contributed by atoms with Crippen LogP contribution in [0.25, 0.3) is 0 Å². The normalized spacial score (nSPS) is 21.0. The molecule has 0 amide bonds. The quantitative estimate of drug-likeness (QED) is 0.901. The van der Waals surface area contributed by atoms with Crippen LogP contribution in [0.4, 0.5) is 0 Å². The molecule has 0 radical (unpaired) electrons. The lowest BCUT2D eigenvalue weighted by molar-refractivity contribution is -0.142. The molecular formula is C19H29NO2. The molecule has 1 fully saturated rings. The SMILES string of the molecule is CC(Cc1ccc(C(C)(C)C)cc1)CN1CCCC1C(=O)O. The predicted octanol–water partition coefficient (Wildman–Crippen LogP) is 3.71. The summed E-state index contributed by atoms with van der Waals surface area (Å²) in [5.41, 5.74) is 2.88. The summed E-state index contributed by atoms with van der Waals surface area (Å²) in [4.78, 5) is 13.4. The molecule has 2 unspecified atom stereocenters. The van der Waals surface area contributed by atoms with Gasteiger partial charge in [0.25, 0.3) is 0 Å². The molecule has 0 aliphatic carbocycles. The van der Waals surface area contributed by atoms with Gasteiger partial charge in [0.05, 0.1) is 0 Å². The largest absolute Gasteiger partial charge is 0.480 e. The van der Waals surface area contributed by atoms with Crippen LogP contribution in [0, 0.1) is 5.92 Å². The Morgan fingerprint density at radius 1 is 1.32 bits per heavy atom. The highest BCUT2D eigenvalue weighted by atomic mass is 16.4. The average Bonchev–Trinajstić information content (AvgIpc) is 2.86. The van der Waals surface area contributed by atoms with Crippen LogP contribution in [0.2, 0.25) is 0 Å². The molecule has 1 N–H and O–H groups in total. The van der Waals surface area contributed by atoms with E-state index in [1.807, 2.05) is 0 Å². The average molecular weight is 303 g/mol. The van der Waals surface area contributed by atoms with Crippen LogP contribution in [0.1, 0.15) is 51.7 Å².